The zero-order valence-electron chi connectivity index (χ0n) is 26.1. The van der Waals surface area contributed by atoms with Gasteiger partial charge in [-0.2, -0.15) is 13.2 Å². The molecule has 9 nitrogen and oxygen atoms in total. The van der Waals surface area contributed by atoms with Gasteiger partial charge in [-0.05, 0) is 73.6 Å². The Morgan fingerprint density at radius 2 is 1.68 bits per heavy atom. The van der Waals surface area contributed by atoms with Crippen LogP contribution < -0.4 is 21.5 Å². The van der Waals surface area contributed by atoms with E-state index in [1.807, 2.05) is 0 Å². The van der Waals surface area contributed by atoms with E-state index in [4.69, 9.17) is 0 Å². The summed E-state index contributed by atoms with van der Waals surface area (Å²) >= 11 is 0. The Morgan fingerprint density at radius 3 is 2.30 bits per heavy atom. The Morgan fingerprint density at radius 1 is 0.979 bits per heavy atom. The predicted molar refractivity (Wildman–Crippen MR) is 169 cm³/mol. The maximum atomic E-state index is 14.1. The van der Waals surface area contributed by atoms with Gasteiger partial charge in [-0.25, -0.2) is 9.37 Å². The molecule has 0 aliphatic heterocycles. The van der Waals surface area contributed by atoms with Gasteiger partial charge in [0.2, 0.25) is 0 Å². The summed E-state index contributed by atoms with van der Waals surface area (Å²) in [7, 11) is 3.06. The summed E-state index contributed by atoms with van der Waals surface area (Å²) in [6, 6.07) is 11.4. The number of hydrogen-bond donors (Lipinski definition) is 3. The molecular formula is C34H33F4N5O4. The molecule has 0 unspecified atom stereocenters. The van der Waals surface area contributed by atoms with Crippen molar-refractivity contribution >= 4 is 23.3 Å². The van der Waals surface area contributed by atoms with E-state index in [1.165, 1.54) is 36.0 Å². The number of ketones is 2. The minimum absolute atomic E-state index is 0.00974. The molecule has 1 amide bonds. The van der Waals surface area contributed by atoms with Crippen molar-refractivity contribution in [1.82, 2.24) is 20.2 Å². The molecule has 0 radical (unpaired) electrons. The van der Waals surface area contributed by atoms with Crippen molar-refractivity contribution in [2.24, 2.45) is 0 Å². The number of alkyl halides is 3. The van der Waals surface area contributed by atoms with E-state index in [0.29, 0.717) is 22.8 Å². The van der Waals surface area contributed by atoms with Crippen LogP contribution >= 0.6 is 0 Å². The van der Waals surface area contributed by atoms with Crippen molar-refractivity contribution in [3.63, 3.8) is 0 Å². The van der Waals surface area contributed by atoms with E-state index in [9.17, 15) is 36.7 Å². The van der Waals surface area contributed by atoms with Crippen LogP contribution in [0.4, 0.5) is 23.4 Å². The summed E-state index contributed by atoms with van der Waals surface area (Å²) in [5.41, 5.74) is -0.767. The molecule has 246 valence electrons. The second-order valence-corrected chi connectivity index (χ2v) is 10.7. The number of halogens is 4. The van der Waals surface area contributed by atoms with Gasteiger partial charge >= 0.3 is 6.18 Å². The number of nitrogens with zero attached hydrogens (tertiary/aromatic N) is 2. The summed E-state index contributed by atoms with van der Waals surface area (Å²) < 4.78 is 56.9. The van der Waals surface area contributed by atoms with E-state index in [-0.39, 0.29) is 52.9 Å². The van der Waals surface area contributed by atoms with Gasteiger partial charge in [-0.15, -0.1) is 0 Å². The van der Waals surface area contributed by atoms with Gasteiger partial charge < -0.3 is 16.0 Å². The van der Waals surface area contributed by atoms with Gasteiger partial charge in [0.15, 0.2) is 17.4 Å². The van der Waals surface area contributed by atoms with Crippen molar-refractivity contribution < 1.29 is 31.9 Å². The molecule has 1 aromatic heterocycles. The molecule has 0 aliphatic carbocycles. The lowest BCUT2D eigenvalue weighted by Gasteiger charge is -2.20. The van der Waals surface area contributed by atoms with Gasteiger partial charge in [-0.3, -0.25) is 23.7 Å². The Balaban J connectivity index is 1.89. The van der Waals surface area contributed by atoms with E-state index in [1.54, 1.807) is 39.1 Å². The lowest BCUT2D eigenvalue weighted by Crippen LogP contribution is -2.41. The van der Waals surface area contributed by atoms with Gasteiger partial charge in [0.1, 0.15) is 5.82 Å². The van der Waals surface area contributed by atoms with Crippen molar-refractivity contribution in [1.29, 1.82) is 0 Å². The third kappa shape index (κ3) is 7.80. The highest BCUT2D eigenvalue weighted by Gasteiger charge is 2.32. The molecule has 13 heteroatoms. The zero-order chi connectivity index (χ0) is 34.5. The summed E-state index contributed by atoms with van der Waals surface area (Å²) in [5.74, 6) is -2.04. The fourth-order valence-corrected chi connectivity index (χ4v) is 5.13. The highest BCUT2D eigenvalue weighted by Crippen LogP contribution is 2.32. The molecule has 4 rings (SSSR count). The third-order valence-electron chi connectivity index (χ3n) is 7.72. The second kappa shape index (κ2) is 14.5. The Bertz CT molecular complexity index is 1870. The highest BCUT2D eigenvalue weighted by molar-refractivity contribution is 6.09. The minimum atomic E-state index is -4.83. The molecular weight excluding hydrogens is 618 g/mol. The molecule has 0 saturated heterocycles. The third-order valence-corrected chi connectivity index (χ3v) is 7.72. The van der Waals surface area contributed by atoms with Crippen LogP contribution in [0.3, 0.4) is 0 Å². The van der Waals surface area contributed by atoms with E-state index in [2.05, 4.69) is 20.9 Å². The van der Waals surface area contributed by atoms with Crippen LogP contribution in [0.2, 0.25) is 0 Å². The summed E-state index contributed by atoms with van der Waals surface area (Å²) in [6.07, 6.45) is -3.23. The van der Waals surface area contributed by atoms with E-state index in [0.717, 1.165) is 18.2 Å². The molecule has 3 aromatic carbocycles. The Kier molecular flexibility index (Phi) is 10.7. The summed E-state index contributed by atoms with van der Waals surface area (Å²) in [5, 5.41) is 8.29. The lowest BCUT2D eigenvalue weighted by atomic mass is 9.97. The largest absolute Gasteiger partial charge is 0.416 e. The number of amides is 1. The van der Waals surface area contributed by atoms with E-state index < -0.39 is 41.5 Å². The van der Waals surface area contributed by atoms with Gasteiger partial charge in [0, 0.05) is 42.3 Å². The number of rotatable bonds is 12. The van der Waals surface area contributed by atoms with Crippen LogP contribution in [0.25, 0.3) is 11.3 Å². The summed E-state index contributed by atoms with van der Waals surface area (Å²) in [4.78, 5) is 56.3. The van der Waals surface area contributed by atoms with Crippen LogP contribution in [0.5, 0.6) is 0 Å². The topological polar surface area (TPSA) is 122 Å². The first-order valence-corrected chi connectivity index (χ1v) is 14.7. The molecule has 0 fully saturated rings. The van der Waals surface area contributed by atoms with Crippen molar-refractivity contribution in [2.75, 3.05) is 26.0 Å². The maximum absolute atomic E-state index is 14.1. The lowest BCUT2D eigenvalue weighted by molar-refractivity contribution is -0.137. The van der Waals surface area contributed by atoms with Crippen LogP contribution in [-0.2, 0) is 17.5 Å². The van der Waals surface area contributed by atoms with Gasteiger partial charge in [0.25, 0.3) is 11.5 Å². The zero-order valence-corrected chi connectivity index (χ0v) is 26.1. The molecule has 1 atom stereocenters. The van der Waals surface area contributed by atoms with Crippen molar-refractivity contribution in [3.8, 4) is 11.3 Å². The molecule has 4 aromatic rings. The standard InChI is InChI=1S/C34H33F4N5O4/c1-5-29(44)27(39-3)16-41-31-33(47)43(28(17-42-31)25-7-6-8-26(19(25)2)32(46)40-4)18-20-13-22(15-23(14-20)34(36,37)38)30(45)21-9-11-24(35)12-10-21/h6-15,17,27,39H,5,16,18H2,1-4H3,(H,40,46)(H,41,42)/t27-/m0/s1. The number of carbonyl (C=O) groups excluding carboxylic acids is 3. The molecule has 47 heavy (non-hydrogen) atoms. The SMILES string of the molecule is CCC(=O)[C@H](CNc1ncc(-c2cccc(C(=O)NC)c2C)n(Cc2cc(C(=O)c3ccc(F)cc3)cc(C(F)(F)F)c2)c1=O)NC. The molecule has 3 N–H and O–H groups in total. The van der Waals surface area contributed by atoms with Crippen LogP contribution in [0.1, 0.15) is 56.3 Å². The monoisotopic (exact) mass is 651 g/mol. The van der Waals surface area contributed by atoms with Crippen LogP contribution in [0, 0.1) is 12.7 Å². The van der Waals surface area contributed by atoms with Crippen LogP contribution in [0.15, 0.2) is 71.7 Å². The Labute approximate surface area is 268 Å². The highest BCUT2D eigenvalue weighted by atomic mass is 19.4. The number of carbonyl (C=O) groups is 3. The van der Waals surface area contributed by atoms with Gasteiger partial charge in [-0.1, -0.05) is 19.1 Å². The van der Waals surface area contributed by atoms with Crippen molar-refractivity contribution in [2.45, 2.75) is 39.0 Å². The van der Waals surface area contributed by atoms with E-state index >= 15 is 0 Å². The number of Topliss-reactive ketones (excluding diaryl/α,β-unsaturated/α-hetero) is 1. The molecule has 0 saturated carbocycles. The maximum Gasteiger partial charge on any atom is 0.416 e. The average molecular weight is 652 g/mol. The fraction of sp³-hybridized carbons (Fsp3) is 0.265. The molecule has 0 aliphatic rings. The average Bonchev–Trinajstić information content (AvgIpc) is 3.05. The molecule has 0 spiro atoms. The summed E-state index contributed by atoms with van der Waals surface area (Å²) in [6.45, 7) is 2.95. The fourth-order valence-electron chi connectivity index (χ4n) is 5.13. The number of likely N-dealkylation sites (N-methyl/N-ethyl adjacent to an activating group) is 1. The van der Waals surface area contributed by atoms with Crippen LogP contribution in [-0.4, -0.2) is 53.7 Å². The second-order valence-electron chi connectivity index (χ2n) is 10.7. The Hall–Kier alpha value is -5.17. The van der Waals surface area contributed by atoms with Gasteiger partial charge in [0.05, 0.1) is 30.0 Å². The molecule has 1 heterocycles. The minimum Gasteiger partial charge on any atom is -0.363 e. The first kappa shape index (κ1) is 34.7. The number of benzene rings is 3. The number of hydrogen-bond acceptors (Lipinski definition) is 7. The number of aromatic nitrogens is 2. The first-order valence-electron chi connectivity index (χ1n) is 14.7. The number of nitrogens with one attached hydrogen (secondary N) is 3. The van der Waals surface area contributed by atoms with Crippen molar-refractivity contribution in [3.05, 3.63) is 116 Å². The predicted octanol–water partition coefficient (Wildman–Crippen LogP) is 4.99. The number of anilines is 1. The molecule has 0 bridgehead atoms. The normalized spacial score (nSPS) is 12.0. The smallest absolute Gasteiger partial charge is 0.363 e. The quantitative estimate of drug-likeness (QED) is 0.146. The first-order chi connectivity index (χ1) is 22.3.